The predicted octanol–water partition coefficient (Wildman–Crippen LogP) is 3.65. The van der Waals surface area contributed by atoms with Crippen molar-refractivity contribution >= 4 is 30.7 Å². The summed E-state index contributed by atoms with van der Waals surface area (Å²) in [5.74, 6) is -0.0224. The number of phosphoric ester groups is 1. The molecule has 0 aromatic carbocycles. The number of ether oxygens (including phenoxy) is 1. The van der Waals surface area contributed by atoms with Crippen LogP contribution < -0.4 is 11.5 Å². The number of nitrogens with zero attached hydrogens (tertiary/aromatic N) is 4. The number of fused-ring (bicyclic) bond motifs is 1. The van der Waals surface area contributed by atoms with Gasteiger partial charge in [0, 0.05) is 6.42 Å². The second-order valence-corrected chi connectivity index (χ2v) is 12.0. The molecule has 0 spiro atoms. The summed E-state index contributed by atoms with van der Waals surface area (Å²) in [7, 11) is -4.72. The number of amides is 1. The van der Waals surface area contributed by atoms with E-state index in [1.165, 1.54) is 87.9 Å². The number of carbonyl (C=O) groups is 1. The topological polar surface area (TPSA) is 229 Å². The van der Waals surface area contributed by atoms with Crippen molar-refractivity contribution in [3.05, 3.63) is 24.8 Å². The van der Waals surface area contributed by atoms with Crippen LogP contribution in [0.2, 0.25) is 0 Å². The lowest BCUT2D eigenvalue weighted by Crippen LogP contribution is -2.33. The summed E-state index contributed by atoms with van der Waals surface area (Å²) in [6.07, 6.45) is 19.4. The van der Waals surface area contributed by atoms with E-state index in [1.807, 2.05) is 0 Å². The molecule has 0 saturated carbocycles. The highest BCUT2D eigenvalue weighted by Crippen LogP contribution is 2.38. The van der Waals surface area contributed by atoms with Gasteiger partial charge in [0.1, 0.15) is 30.2 Å². The highest BCUT2D eigenvalue weighted by atomic mass is 31.2. The fourth-order valence-corrected chi connectivity index (χ4v) is 5.03. The summed E-state index contributed by atoms with van der Waals surface area (Å²) in [6, 6.07) is 0. The van der Waals surface area contributed by atoms with E-state index in [9.17, 15) is 19.6 Å². The van der Waals surface area contributed by atoms with Crippen molar-refractivity contribution in [2.75, 3.05) is 12.3 Å². The standard InChI is InChI=1S/C18H35NO.C10H14N5O7P/c1-2-3-4-5-6-7-8-9-10-11-12-13-14-15-16-17-18(19)20;11-8-5-9(13-2-12-8)15(3-14-5)10-7(17)6(16)4(22-10)1-21-23(18,19)20/h9-10H,2-8,11-17H2,1H3,(H2,19,20);2-4,6-7,10,16-17H,1H2,(H2,11,12,13)(H2,18,19,20)/b10-9-;/t;4-,6-,7-,10-/m.1/s1. The molecule has 1 aliphatic heterocycles. The average molecular weight is 629 g/mol. The lowest BCUT2D eigenvalue weighted by molar-refractivity contribution is -0.118. The number of primary amides is 1. The zero-order valence-corrected chi connectivity index (χ0v) is 25.9. The van der Waals surface area contributed by atoms with Crippen LogP contribution in [0.1, 0.15) is 103 Å². The van der Waals surface area contributed by atoms with Gasteiger partial charge in [0.2, 0.25) is 5.91 Å². The highest BCUT2D eigenvalue weighted by molar-refractivity contribution is 7.46. The van der Waals surface area contributed by atoms with Gasteiger partial charge in [-0.3, -0.25) is 13.9 Å². The number of imidazole rings is 1. The van der Waals surface area contributed by atoms with Crippen LogP contribution >= 0.6 is 7.82 Å². The van der Waals surface area contributed by atoms with E-state index >= 15 is 0 Å². The Bertz CT molecular complexity index is 1160. The monoisotopic (exact) mass is 628 g/mol. The molecule has 244 valence electrons. The number of hydrogen-bond donors (Lipinski definition) is 6. The number of carbonyl (C=O) groups excluding carboxylic acids is 1. The van der Waals surface area contributed by atoms with Crippen molar-refractivity contribution in [3.63, 3.8) is 0 Å². The maximum Gasteiger partial charge on any atom is 0.469 e. The smallest absolute Gasteiger partial charge is 0.387 e. The first-order valence-corrected chi connectivity index (χ1v) is 16.7. The number of aromatic nitrogens is 4. The zero-order chi connectivity index (χ0) is 31.7. The summed E-state index contributed by atoms with van der Waals surface area (Å²) >= 11 is 0. The lowest BCUT2D eigenvalue weighted by atomic mass is 10.1. The molecule has 0 bridgehead atoms. The van der Waals surface area contributed by atoms with Gasteiger partial charge in [0.05, 0.1) is 12.9 Å². The largest absolute Gasteiger partial charge is 0.469 e. The molecule has 1 saturated heterocycles. The predicted molar refractivity (Wildman–Crippen MR) is 162 cm³/mol. The van der Waals surface area contributed by atoms with Gasteiger partial charge >= 0.3 is 7.82 Å². The van der Waals surface area contributed by atoms with Crippen molar-refractivity contribution in [2.24, 2.45) is 5.73 Å². The Hall–Kier alpha value is -2.45. The fraction of sp³-hybridized carbons (Fsp3) is 0.714. The number of phosphoric acid groups is 1. The Morgan fingerprint density at radius 2 is 1.58 bits per heavy atom. The van der Waals surface area contributed by atoms with E-state index in [-0.39, 0.29) is 17.4 Å². The SMILES string of the molecule is CCCCCCCC/C=C\CCCCCCCC(N)=O.Nc1ncnc2c1ncn2[C@@H]1O[C@H](COP(=O)(O)O)[C@@H](O)[C@H]1O. The van der Waals surface area contributed by atoms with E-state index in [1.54, 1.807) is 0 Å². The number of unbranched alkanes of at least 4 members (excludes halogenated alkanes) is 11. The molecule has 43 heavy (non-hydrogen) atoms. The van der Waals surface area contributed by atoms with Gasteiger partial charge < -0.3 is 36.2 Å². The van der Waals surface area contributed by atoms with Crippen molar-refractivity contribution < 1.29 is 38.6 Å². The Balaban J connectivity index is 0.000000304. The number of anilines is 1. The molecule has 3 rings (SSSR count). The minimum Gasteiger partial charge on any atom is -0.387 e. The van der Waals surface area contributed by atoms with Crippen LogP contribution in [0.4, 0.5) is 5.82 Å². The fourth-order valence-electron chi connectivity index (χ4n) is 4.69. The molecule has 3 heterocycles. The van der Waals surface area contributed by atoms with Gasteiger partial charge in [0.25, 0.3) is 0 Å². The second kappa shape index (κ2) is 19.8. The van der Waals surface area contributed by atoms with Gasteiger partial charge in [-0.15, -0.1) is 0 Å². The summed E-state index contributed by atoms with van der Waals surface area (Å²) in [5.41, 5.74) is 11.3. The molecule has 1 fully saturated rings. The van der Waals surface area contributed by atoms with Crippen molar-refractivity contribution in [1.82, 2.24) is 19.5 Å². The first-order valence-electron chi connectivity index (χ1n) is 15.1. The molecule has 4 atom stereocenters. The van der Waals surface area contributed by atoms with Crippen LogP contribution in [0.3, 0.4) is 0 Å². The summed E-state index contributed by atoms with van der Waals surface area (Å²) in [6.45, 7) is 1.67. The normalized spacial score (nSPS) is 20.5. The maximum absolute atomic E-state index is 10.7. The number of rotatable bonds is 19. The van der Waals surface area contributed by atoms with E-state index < -0.39 is 39.0 Å². The molecule has 2 aromatic rings. The third-order valence-corrected chi connectivity index (χ3v) is 7.58. The van der Waals surface area contributed by atoms with Crippen LogP contribution in [-0.2, 0) is 18.6 Å². The number of nitrogen functional groups attached to an aromatic ring is 1. The Morgan fingerprint density at radius 3 is 2.19 bits per heavy atom. The van der Waals surface area contributed by atoms with Gasteiger partial charge in [-0.05, 0) is 32.1 Å². The molecule has 8 N–H and O–H groups in total. The lowest BCUT2D eigenvalue weighted by Gasteiger charge is -2.16. The number of hydrogen-bond acceptors (Lipinski definition) is 10. The molecule has 0 aliphatic carbocycles. The highest BCUT2D eigenvalue weighted by Gasteiger charge is 2.45. The molecule has 0 unspecified atom stereocenters. The summed E-state index contributed by atoms with van der Waals surface area (Å²) < 4.78 is 21.8. The van der Waals surface area contributed by atoms with Gasteiger partial charge in [-0.2, -0.15) is 0 Å². The minimum atomic E-state index is -4.72. The first-order chi connectivity index (χ1) is 20.5. The van der Waals surface area contributed by atoms with E-state index in [0.717, 1.165) is 12.8 Å². The van der Waals surface area contributed by atoms with Crippen LogP contribution in [0.15, 0.2) is 24.8 Å². The minimum absolute atomic E-state index is 0.142. The molecular formula is C28H49N6O8P. The molecular weight excluding hydrogens is 579 g/mol. The average Bonchev–Trinajstić information content (AvgIpc) is 3.51. The molecule has 15 heteroatoms. The molecule has 1 aliphatic rings. The Labute approximate surface area is 253 Å². The van der Waals surface area contributed by atoms with Gasteiger partial charge in [-0.1, -0.05) is 70.4 Å². The number of aliphatic hydroxyl groups excluding tert-OH is 2. The number of nitrogens with two attached hydrogens (primary N) is 2. The first kappa shape index (κ1) is 36.7. The van der Waals surface area contributed by atoms with Crippen LogP contribution in [0.5, 0.6) is 0 Å². The number of allylic oxidation sites excluding steroid dienone is 2. The third kappa shape index (κ3) is 13.8. The quantitative estimate of drug-likeness (QED) is 0.0744. The maximum atomic E-state index is 10.7. The molecule has 1 amide bonds. The van der Waals surface area contributed by atoms with Crippen molar-refractivity contribution in [2.45, 2.75) is 121 Å². The van der Waals surface area contributed by atoms with Crippen molar-refractivity contribution in [3.8, 4) is 0 Å². The molecule has 14 nitrogen and oxygen atoms in total. The number of aliphatic hydroxyl groups is 2. The summed E-state index contributed by atoms with van der Waals surface area (Å²) in [4.78, 5) is 39.7. The second-order valence-electron chi connectivity index (χ2n) is 10.7. The van der Waals surface area contributed by atoms with Gasteiger partial charge in [-0.25, -0.2) is 19.5 Å². The van der Waals surface area contributed by atoms with E-state index in [0.29, 0.717) is 11.9 Å². The third-order valence-electron chi connectivity index (χ3n) is 7.09. The Morgan fingerprint density at radius 1 is 0.977 bits per heavy atom. The zero-order valence-electron chi connectivity index (χ0n) is 25.0. The summed E-state index contributed by atoms with van der Waals surface area (Å²) in [5, 5.41) is 20.1. The van der Waals surface area contributed by atoms with E-state index in [2.05, 4.69) is 38.6 Å². The molecule has 0 radical (unpaired) electrons. The van der Waals surface area contributed by atoms with Gasteiger partial charge in [0.15, 0.2) is 17.7 Å². The Kier molecular flexibility index (Phi) is 16.9. The van der Waals surface area contributed by atoms with Crippen molar-refractivity contribution in [1.29, 1.82) is 0 Å². The van der Waals surface area contributed by atoms with Crippen LogP contribution in [0, 0.1) is 0 Å². The molecule has 2 aromatic heterocycles. The van der Waals surface area contributed by atoms with Crippen LogP contribution in [-0.4, -0.2) is 70.3 Å². The van der Waals surface area contributed by atoms with Crippen LogP contribution in [0.25, 0.3) is 11.2 Å². The van der Waals surface area contributed by atoms with E-state index in [4.69, 9.17) is 26.0 Å².